The maximum atomic E-state index is 11.1. The van der Waals surface area contributed by atoms with Crippen LogP contribution < -0.4 is 0 Å². The number of hydrogen-bond acceptors (Lipinski definition) is 1. The third-order valence-corrected chi connectivity index (χ3v) is 2.14. The highest BCUT2D eigenvalue weighted by Gasteiger charge is 2.18. The molecule has 2 nitrogen and oxygen atoms in total. The van der Waals surface area contributed by atoms with Crippen molar-refractivity contribution in [2.24, 2.45) is 5.92 Å². The SMILES string of the molecule is C=CC(=O)N1CCCC(C)C1.CC. The van der Waals surface area contributed by atoms with Crippen molar-refractivity contribution in [3.8, 4) is 0 Å². The Hall–Kier alpha value is -0.790. The third kappa shape index (κ3) is 4.11. The number of rotatable bonds is 1. The monoisotopic (exact) mass is 183 g/mol. The quantitative estimate of drug-likeness (QED) is 0.572. The van der Waals surface area contributed by atoms with Gasteiger partial charge >= 0.3 is 0 Å². The molecule has 2 heteroatoms. The van der Waals surface area contributed by atoms with Crippen molar-refractivity contribution in [2.75, 3.05) is 13.1 Å². The van der Waals surface area contributed by atoms with Gasteiger partial charge in [0.25, 0.3) is 0 Å². The van der Waals surface area contributed by atoms with E-state index in [4.69, 9.17) is 0 Å². The summed E-state index contributed by atoms with van der Waals surface area (Å²) in [5, 5.41) is 0. The van der Waals surface area contributed by atoms with E-state index in [-0.39, 0.29) is 5.91 Å². The van der Waals surface area contributed by atoms with Crippen molar-refractivity contribution in [3.05, 3.63) is 12.7 Å². The predicted molar refractivity (Wildman–Crippen MR) is 56.5 cm³/mol. The molecule has 0 aliphatic carbocycles. The van der Waals surface area contributed by atoms with Gasteiger partial charge < -0.3 is 4.90 Å². The zero-order valence-electron chi connectivity index (χ0n) is 9.05. The minimum absolute atomic E-state index is 0.0801. The van der Waals surface area contributed by atoms with E-state index in [1.807, 2.05) is 18.7 Å². The lowest BCUT2D eigenvalue weighted by atomic mass is 10.0. The Kier molecular flexibility index (Phi) is 6.29. The molecule has 0 saturated carbocycles. The fourth-order valence-electron chi connectivity index (χ4n) is 1.52. The van der Waals surface area contributed by atoms with Gasteiger partial charge in [-0.3, -0.25) is 4.79 Å². The smallest absolute Gasteiger partial charge is 0.245 e. The maximum Gasteiger partial charge on any atom is 0.245 e. The van der Waals surface area contributed by atoms with Gasteiger partial charge in [0, 0.05) is 13.1 Å². The van der Waals surface area contributed by atoms with Crippen molar-refractivity contribution >= 4 is 5.91 Å². The van der Waals surface area contributed by atoms with E-state index in [0.29, 0.717) is 5.92 Å². The molecule has 1 aliphatic heterocycles. The molecule has 76 valence electrons. The zero-order valence-corrected chi connectivity index (χ0v) is 9.05. The second kappa shape index (κ2) is 6.70. The van der Waals surface area contributed by atoms with Gasteiger partial charge in [-0.2, -0.15) is 0 Å². The first-order valence-electron chi connectivity index (χ1n) is 5.15. The molecule has 1 heterocycles. The minimum Gasteiger partial charge on any atom is -0.339 e. The molecule has 1 rings (SSSR count). The molecule has 1 atom stereocenters. The van der Waals surface area contributed by atoms with Crippen molar-refractivity contribution in [1.29, 1.82) is 0 Å². The van der Waals surface area contributed by atoms with Crippen LogP contribution in [0.5, 0.6) is 0 Å². The van der Waals surface area contributed by atoms with Crippen molar-refractivity contribution in [3.63, 3.8) is 0 Å². The number of carbonyl (C=O) groups excluding carboxylic acids is 1. The summed E-state index contributed by atoms with van der Waals surface area (Å²) in [5.74, 6) is 0.740. The molecule has 1 saturated heterocycles. The number of carbonyl (C=O) groups is 1. The Bertz CT molecular complexity index is 165. The van der Waals surface area contributed by atoms with Crippen LogP contribution in [0.4, 0.5) is 0 Å². The fraction of sp³-hybridized carbons (Fsp3) is 0.727. The van der Waals surface area contributed by atoms with Gasteiger partial charge in [-0.05, 0) is 24.8 Å². The van der Waals surface area contributed by atoms with E-state index in [9.17, 15) is 4.79 Å². The van der Waals surface area contributed by atoms with E-state index < -0.39 is 0 Å². The third-order valence-electron chi connectivity index (χ3n) is 2.14. The van der Waals surface area contributed by atoms with Crippen LogP contribution in [-0.2, 0) is 4.79 Å². The minimum atomic E-state index is 0.0801. The first-order valence-corrected chi connectivity index (χ1v) is 5.15. The van der Waals surface area contributed by atoms with E-state index in [2.05, 4.69) is 13.5 Å². The van der Waals surface area contributed by atoms with E-state index in [1.54, 1.807) is 0 Å². The molecule has 0 aromatic rings. The number of amides is 1. The summed E-state index contributed by atoms with van der Waals surface area (Å²) in [5.41, 5.74) is 0. The van der Waals surface area contributed by atoms with Crippen molar-refractivity contribution < 1.29 is 4.79 Å². The Morgan fingerprint density at radius 3 is 2.62 bits per heavy atom. The lowest BCUT2D eigenvalue weighted by Gasteiger charge is -2.29. The number of piperidine rings is 1. The molecule has 13 heavy (non-hydrogen) atoms. The molecule has 0 bridgehead atoms. The highest BCUT2D eigenvalue weighted by atomic mass is 16.2. The average molecular weight is 183 g/mol. The van der Waals surface area contributed by atoms with Gasteiger partial charge in [0.15, 0.2) is 0 Å². The zero-order chi connectivity index (χ0) is 10.3. The Morgan fingerprint density at radius 1 is 1.54 bits per heavy atom. The summed E-state index contributed by atoms with van der Waals surface area (Å²) in [6.45, 7) is 11.5. The van der Waals surface area contributed by atoms with Crippen LogP contribution in [0.2, 0.25) is 0 Å². The van der Waals surface area contributed by atoms with Crippen LogP contribution in [0.1, 0.15) is 33.6 Å². The molecule has 0 aromatic carbocycles. The van der Waals surface area contributed by atoms with Crippen LogP contribution in [0.3, 0.4) is 0 Å². The molecule has 1 fully saturated rings. The number of likely N-dealkylation sites (tertiary alicyclic amines) is 1. The van der Waals surface area contributed by atoms with E-state index in [0.717, 1.165) is 19.5 Å². The maximum absolute atomic E-state index is 11.1. The van der Waals surface area contributed by atoms with Gasteiger partial charge in [-0.1, -0.05) is 27.4 Å². The normalized spacial score (nSPS) is 21.5. The molecular formula is C11H21NO. The molecule has 1 aliphatic rings. The van der Waals surface area contributed by atoms with Crippen LogP contribution in [0.15, 0.2) is 12.7 Å². The molecule has 1 amide bonds. The first kappa shape index (κ1) is 12.2. The second-order valence-electron chi connectivity index (χ2n) is 3.24. The van der Waals surface area contributed by atoms with Gasteiger partial charge in [-0.15, -0.1) is 0 Å². The first-order chi connectivity index (χ1) is 6.24. The van der Waals surface area contributed by atoms with E-state index >= 15 is 0 Å². The summed E-state index contributed by atoms with van der Waals surface area (Å²) in [6, 6.07) is 0. The molecule has 0 spiro atoms. The predicted octanol–water partition coefficient (Wildman–Crippen LogP) is 2.46. The molecular weight excluding hydrogens is 162 g/mol. The lowest BCUT2D eigenvalue weighted by molar-refractivity contribution is -0.127. The molecule has 0 aromatic heterocycles. The van der Waals surface area contributed by atoms with Gasteiger partial charge in [0.05, 0.1) is 0 Å². The van der Waals surface area contributed by atoms with Crippen LogP contribution in [0, 0.1) is 5.92 Å². The summed E-state index contributed by atoms with van der Waals surface area (Å²) in [6.07, 6.45) is 3.79. The van der Waals surface area contributed by atoms with Gasteiger partial charge in [-0.25, -0.2) is 0 Å². The van der Waals surface area contributed by atoms with Crippen LogP contribution >= 0.6 is 0 Å². The molecule has 1 unspecified atom stereocenters. The largest absolute Gasteiger partial charge is 0.339 e. The van der Waals surface area contributed by atoms with Crippen LogP contribution in [-0.4, -0.2) is 23.9 Å². The van der Waals surface area contributed by atoms with Crippen molar-refractivity contribution in [2.45, 2.75) is 33.6 Å². The highest BCUT2D eigenvalue weighted by Crippen LogP contribution is 2.15. The lowest BCUT2D eigenvalue weighted by Crippen LogP contribution is -2.37. The van der Waals surface area contributed by atoms with Crippen LogP contribution in [0.25, 0.3) is 0 Å². The summed E-state index contributed by atoms with van der Waals surface area (Å²) in [4.78, 5) is 13.0. The Morgan fingerprint density at radius 2 is 2.15 bits per heavy atom. The van der Waals surface area contributed by atoms with Crippen molar-refractivity contribution in [1.82, 2.24) is 4.90 Å². The van der Waals surface area contributed by atoms with Gasteiger partial charge in [0.2, 0.25) is 5.91 Å². The Balaban J connectivity index is 0.000000671. The fourth-order valence-corrected chi connectivity index (χ4v) is 1.52. The average Bonchev–Trinajstić information content (AvgIpc) is 2.20. The van der Waals surface area contributed by atoms with E-state index in [1.165, 1.54) is 12.5 Å². The second-order valence-corrected chi connectivity index (χ2v) is 3.24. The molecule has 0 radical (unpaired) electrons. The topological polar surface area (TPSA) is 20.3 Å². The van der Waals surface area contributed by atoms with Gasteiger partial charge in [0.1, 0.15) is 0 Å². The summed E-state index contributed by atoms with van der Waals surface area (Å²) < 4.78 is 0. The standard InChI is InChI=1S/C9H15NO.C2H6/c1-3-9(11)10-6-4-5-8(2)7-10;1-2/h3,8H,1,4-7H2,2H3;1-2H3. The Labute approximate surface area is 81.6 Å². The number of hydrogen-bond donors (Lipinski definition) is 0. The molecule has 0 N–H and O–H groups in total. The summed E-state index contributed by atoms with van der Waals surface area (Å²) in [7, 11) is 0. The number of nitrogens with zero attached hydrogens (tertiary/aromatic N) is 1. The summed E-state index contributed by atoms with van der Waals surface area (Å²) >= 11 is 0. The highest BCUT2D eigenvalue weighted by molar-refractivity contribution is 5.87.